The summed E-state index contributed by atoms with van der Waals surface area (Å²) in [6.45, 7) is 5.97. The zero-order chi connectivity index (χ0) is 11.3. The smallest absolute Gasteiger partial charge is 0.211 e. The molecule has 3 nitrogen and oxygen atoms in total. The molecule has 1 amide bonds. The molecule has 15 heavy (non-hydrogen) atoms. The van der Waals surface area contributed by atoms with Gasteiger partial charge in [0.05, 0.1) is 12.8 Å². The molecule has 0 heterocycles. The highest BCUT2D eigenvalue weighted by Gasteiger charge is 2.05. The van der Waals surface area contributed by atoms with Gasteiger partial charge >= 0.3 is 0 Å². The molecule has 1 aromatic carbocycles. The van der Waals surface area contributed by atoms with Crippen LogP contribution in [-0.4, -0.2) is 13.5 Å². The van der Waals surface area contributed by atoms with Crippen molar-refractivity contribution in [1.82, 2.24) is 0 Å². The fraction of sp³-hybridized carbons (Fsp3) is 0.250. The molecule has 0 aliphatic carbocycles. The number of anilines is 1. The zero-order valence-corrected chi connectivity index (χ0v) is 9.04. The lowest BCUT2D eigenvalue weighted by Gasteiger charge is -2.11. The van der Waals surface area contributed by atoms with Crippen molar-refractivity contribution in [2.75, 3.05) is 12.4 Å². The third kappa shape index (κ3) is 2.59. The molecule has 1 aromatic rings. The predicted molar refractivity (Wildman–Crippen MR) is 62.0 cm³/mol. The predicted octanol–water partition coefficient (Wildman–Crippen LogP) is 2.69. The van der Waals surface area contributed by atoms with Crippen LogP contribution in [0.3, 0.4) is 0 Å². The topological polar surface area (TPSA) is 38.3 Å². The standard InChI is InChI=1S/C12H15NO2/c1-4-9(2)11-6-5-10(15-3)7-12(11)13-8-14/h5-8H,2,4H2,1,3H3,(H,13,14). The summed E-state index contributed by atoms with van der Waals surface area (Å²) in [5.74, 6) is 0.715. The van der Waals surface area contributed by atoms with Gasteiger partial charge in [0.15, 0.2) is 0 Å². The van der Waals surface area contributed by atoms with E-state index in [0.29, 0.717) is 12.2 Å². The first-order valence-electron chi connectivity index (χ1n) is 4.79. The zero-order valence-electron chi connectivity index (χ0n) is 9.04. The average Bonchev–Trinajstić information content (AvgIpc) is 2.28. The molecule has 1 rings (SSSR count). The molecule has 0 saturated carbocycles. The van der Waals surface area contributed by atoms with Crippen LogP contribution >= 0.6 is 0 Å². The van der Waals surface area contributed by atoms with Gasteiger partial charge in [-0.15, -0.1) is 0 Å². The third-order valence-electron chi connectivity index (χ3n) is 2.25. The lowest BCUT2D eigenvalue weighted by Crippen LogP contribution is -1.99. The van der Waals surface area contributed by atoms with E-state index < -0.39 is 0 Å². The molecule has 0 radical (unpaired) electrons. The van der Waals surface area contributed by atoms with E-state index >= 15 is 0 Å². The number of ether oxygens (including phenoxy) is 1. The highest BCUT2D eigenvalue weighted by Crippen LogP contribution is 2.28. The molecule has 80 valence electrons. The minimum Gasteiger partial charge on any atom is -0.497 e. The summed E-state index contributed by atoms with van der Waals surface area (Å²) in [6, 6.07) is 5.53. The number of nitrogens with one attached hydrogen (secondary N) is 1. The van der Waals surface area contributed by atoms with Gasteiger partial charge in [0.2, 0.25) is 6.41 Å². The van der Waals surface area contributed by atoms with E-state index in [1.165, 1.54) is 0 Å². The summed E-state index contributed by atoms with van der Waals surface area (Å²) in [6.07, 6.45) is 1.50. The van der Waals surface area contributed by atoms with Gasteiger partial charge in [-0.3, -0.25) is 4.79 Å². The van der Waals surface area contributed by atoms with E-state index in [-0.39, 0.29) is 0 Å². The number of methoxy groups -OCH3 is 1. The summed E-state index contributed by atoms with van der Waals surface area (Å²) >= 11 is 0. The van der Waals surface area contributed by atoms with Crippen molar-refractivity contribution >= 4 is 17.7 Å². The first-order valence-corrected chi connectivity index (χ1v) is 4.79. The van der Waals surface area contributed by atoms with Gasteiger partial charge in [-0.05, 0) is 24.1 Å². The normalized spacial score (nSPS) is 9.47. The van der Waals surface area contributed by atoms with E-state index in [1.54, 1.807) is 13.2 Å². The molecular formula is C12H15NO2. The van der Waals surface area contributed by atoms with E-state index in [9.17, 15) is 4.79 Å². The van der Waals surface area contributed by atoms with E-state index in [2.05, 4.69) is 11.9 Å². The Balaban J connectivity index is 3.13. The van der Waals surface area contributed by atoms with Gasteiger partial charge in [0.25, 0.3) is 0 Å². The first-order chi connectivity index (χ1) is 7.22. The molecule has 0 aliphatic rings. The lowest BCUT2D eigenvalue weighted by atomic mass is 10.0. The Morgan fingerprint density at radius 3 is 2.87 bits per heavy atom. The number of carbonyl (C=O) groups excluding carboxylic acids is 1. The highest BCUT2D eigenvalue weighted by molar-refractivity contribution is 5.83. The third-order valence-corrected chi connectivity index (χ3v) is 2.25. The minimum atomic E-state index is 0.654. The van der Waals surface area contributed by atoms with E-state index in [4.69, 9.17) is 4.74 Å². The van der Waals surface area contributed by atoms with Crippen molar-refractivity contribution < 1.29 is 9.53 Å². The van der Waals surface area contributed by atoms with Crippen molar-refractivity contribution in [3.63, 3.8) is 0 Å². The lowest BCUT2D eigenvalue weighted by molar-refractivity contribution is -0.105. The van der Waals surface area contributed by atoms with E-state index in [0.717, 1.165) is 23.2 Å². The molecule has 0 fully saturated rings. The molecule has 1 N–H and O–H groups in total. The number of carbonyl (C=O) groups is 1. The molecule has 0 spiro atoms. The van der Waals surface area contributed by atoms with E-state index in [1.807, 2.05) is 19.1 Å². The van der Waals surface area contributed by atoms with Gasteiger partial charge in [0.1, 0.15) is 5.75 Å². The first kappa shape index (κ1) is 11.3. The number of allylic oxidation sites excluding steroid dienone is 1. The molecule has 0 saturated heterocycles. The van der Waals surface area contributed by atoms with Crippen molar-refractivity contribution in [2.24, 2.45) is 0 Å². The maximum atomic E-state index is 10.5. The van der Waals surface area contributed by atoms with Crippen LogP contribution in [0.1, 0.15) is 18.9 Å². The second-order valence-corrected chi connectivity index (χ2v) is 3.13. The van der Waals surface area contributed by atoms with Crippen LogP contribution in [0.5, 0.6) is 5.75 Å². The monoisotopic (exact) mass is 205 g/mol. The summed E-state index contributed by atoms with van der Waals surface area (Å²) in [5.41, 5.74) is 2.67. The number of rotatable bonds is 5. The van der Waals surface area contributed by atoms with Crippen LogP contribution in [0, 0.1) is 0 Å². The summed E-state index contributed by atoms with van der Waals surface area (Å²) in [4.78, 5) is 10.5. The molecule has 0 unspecified atom stereocenters. The second kappa shape index (κ2) is 5.20. The SMILES string of the molecule is C=C(CC)c1ccc(OC)cc1NC=O. The quantitative estimate of drug-likeness (QED) is 0.750. The Hall–Kier alpha value is -1.77. The Morgan fingerprint density at radius 1 is 1.60 bits per heavy atom. The second-order valence-electron chi connectivity index (χ2n) is 3.13. The number of benzene rings is 1. The summed E-state index contributed by atoms with van der Waals surface area (Å²) in [5, 5.41) is 2.64. The van der Waals surface area contributed by atoms with Gasteiger partial charge in [-0.2, -0.15) is 0 Å². The Kier molecular flexibility index (Phi) is 3.92. The van der Waals surface area contributed by atoms with Crippen molar-refractivity contribution in [3.8, 4) is 5.75 Å². The number of hydrogen-bond acceptors (Lipinski definition) is 2. The van der Waals surface area contributed by atoms with Crippen LogP contribution < -0.4 is 10.1 Å². The maximum absolute atomic E-state index is 10.5. The van der Waals surface area contributed by atoms with Gasteiger partial charge < -0.3 is 10.1 Å². The molecule has 0 aromatic heterocycles. The highest BCUT2D eigenvalue weighted by atomic mass is 16.5. The minimum absolute atomic E-state index is 0.654. The van der Waals surface area contributed by atoms with Gasteiger partial charge in [-0.25, -0.2) is 0 Å². The van der Waals surface area contributed by atoms with Crippen LogP contribution in [0.4, 0.5) is 5.69 Å². The molecule has 3 heteroatoms. The summed E-state index contributed by atoms with van der Waals surface area (Å²) in [7, 11) is 1.59. The Labute approximate surface area is 89.8 Å². The van der Waals surface area contributed by atoms with Crippen LogP contribution in [0.25, 0.3) is 5.57 Å². The van der Waals surface area contributed by atoms with Crippen molar-refractivity contribution in [3.05, 3.63) is 30.3 Å². The summed E-state index contributed by atoms with van der Waals surface area (Å²) < 4.78 is 5.08. The fourth-order valence-corrected chi connectivity index (χ4v) is 1.33. The van der Waals surface area contributed by atoms with Crippen LogP contribution in [-0.2, 0) is 4.79 Å². The largest absolute Gasteiger partial charge is 0.497 e. The molecule has 0 atom stereocenters. The molecule has 0 aliphatic heterocycles. The molecule has 0 bridgehead atoms. The van der Waals surface area contributed by atoms with Gasteiger partial charge in [0, 0.05) is 11.6 Å². The number of hydrogen-bond donors (Lipinski definition) is 1. The van der Waals surface area contributed by atoms with Crippen LogP contribution in [0.15, 0.2) is 24.8 Å². The fourth-order valence-electron chi connectivity index (χ4n) is 1.33. The van der Waals surface area contributed by atoms with Crippen LogP contribution in [0.2, 0.25) is 0 Å². The Bertz CT molecular complexity index is 372. The number of amides is 1. The van der Waals surface area contributed by atoms with Crippen molar-refractivity contribution in [2.45, 2.75) is 13.3 Å². The average molecular weight is 205 g/mol. The van der Waals surface area contributed by atoms with Gasteiger partial charge in [-0.1, -0.05) is 13.5 Å². The van der Waals surface area contributed by atoms with Crippen molar-refractivity contribution in [1.29, 1.82) is 0 Å². The maximum Gasteiger partial charge on any atom is 0.211 e. The Morgan fingerprint density at radius 2 is 2.33 bits per heavy atom. The molecular weight excluding hydrogens is 190 g/mol.